The van der Waals surface area contributed by atoms with Crippen LogP contribution in [-0.2, 0) is 14.4 Å². The van der Waals surface area contributed by atoms with Gasteiger partial charge in [-0.15, -0.1) is 10.2 Å². The summed E-state index contributed by atoms with van der Waals surface area (Å²) < 4.78 is 6.07. The largest absolute Gasteiger partial charge is 0.378 e. The molecule has 1 amide bonds. The molecule has 2 saturated carbocycles. The van der Waals surface area contributed by atoms with Crippen molar-refractivity contribution in [3.63, 3.8) is 0 Å². The molecule has 0 unspecified atom stereocenters. The molecule has 9 nitrogen and oxygen atoms in total. The average molecular weight is 563 g/mol. The maximum absolute atomic E-state index is 12.4. The molecule has 0 radical (unpaired) electrons. The highest BCUT2D eigenvalue weighted by molar-refractivity contribution is 7.14. The van der Waals surface area contributed by atoms with E-state index in [1.54, 1.807) is 18.4 Å². The van der Waals surface area contributed by atoms with Crippen LogP contribution in [0.4, 0.5) is 5.95 Å². The lowest BCUT2D eigenvalue weighted by atomic mass is 9.82. The highest BCUT2D eigenvalue weighted by Crippen LogP contribution is 2.39. The van der Waals surface area contributed by atoms with Crippen LogP contribution in [0.2, 0.25) is 0 Å². The second-order valence-corrected chi connectivity index (χ2v) is 12.3. The van der Waals surface area contributed by atoms with Gasteiger partial charge in [-0.3, -0.25) is 9.63 Å². The predicted octanol–water partition coefficient (Wildman–Crippen LogP) is 5.35. The third-order valence-electron chi connectivity index (χ3n) is 8.54. The Hall–Kier alpha value is -2.95. The van der Waals surface area contributed by atoms with Gasteiger partial charge in [0.25, 0.3) is 0 Å². The second-order valence-electron chi connectivity index (χ2n) is 11.3. The van der Waals surface area contributed by atoms with Crippen molar-refractivity contribution < 1.29 is 14.4 Å². The molecule has 3 aliphatic rings. The molecule has 2 aliphatic carbocycles. The Labute approximate surface area is 239 Å². The first kappa shape index (κ1) is 27.2. The predicted molar refractivity (Wildman–Crippen MR) is 155 cm³/mol. The number of piperidine rings is 1. The molecular formula is C30H38N6O3S. The van der Waals surface area contributed by atoms with Crippen molar-refractivity contribution in [1.82, 2.24) is 25.2 Å². The summed E-state index contributed by atoms with van der Waals surface area (Å²) in [5.41, 5.74) is 3.14. The van der Waals surface area contributed by atoms with Crippen molar-refractivity contribution in [3.8, 4) is 21.7 Å². The SMILES string of the molecule is CON(C)C(=O)C1CCC(c2nnc(-c3ccc(-c4cnc(N5CCC(OCC6CC6)CC5)nc4)cc3)s2)CC1. The van der Waals surface area contributed by atoms with Crippen LogP contribution in [0, 0.1) is 11.8 Å². The summed E-state index contributed by atoms with van der Waals surface area (Å²) in [7, 11) is 3.20. The number of benzene rings is 1. The number of rotatable bonds is 9. The first-order chi connectivity index (χ1) is 19.6. The maximum atomic E-state index is 12.4. The van der Waals surface area contributed by atoms with Crippen molar-refractivity contribution in [2.75, 3.05) is 38.8 Å². The van der Waals surface area contributed by atoms with Crippen LogP contribution >= 0.6 is 11.3 Å². The zero-order valence-electron chi connectivity index (χ0n) is 23.4. The number of nitrogens with zero attached hydrogens (tertiary/aromatic N) is 6. The molecule has 0 bridgehead atoms. The van der Waals surface area contributed by atoms with E-state index < -0.39 is 0 Å². The fourth-order valence-electron chi connectivity index (χ4n) is 5.67. The molecule has 0 atom stereocenters. The number of hydrogen-bond acceptors (Lipinski definition) is 9. The molecule has 3 heterocycles. The van der Waals surface area contributed by atoms with Crippen LogP contribution in [0.5, 0.6) is 0 Å². The van der Waals surface area contributed by atoms with Crippen molar-refractivity contribution in [2.24, 2.45) is 11.8 Å². The average Bonchev–Trinajstić information content (AvgIpc) is 3.73. The highest BCUT2D eigenvalue weighted by atomic mass is 32.1. The van der Waals surface area contributed by atoms with Crippen molar-refractivity contribution in [3.05, 3.63) is 41.7 Å². The number of carbonyl (C=O) groups excluding carboxylic acids is 1. The minimum atomic E-state index is 0.0302. The van der Waals surface area contributed by atoms with Crippen LogP contribution in [0.25, 0.3) is 21.7 Å². The fraction of sp³-hybridized carbons (Fsp3) is 0.567. The van der Waals surface area contributed by atoms with Gasteiger partial charge >= 0.3 is 0 Å². The lowest BCUT2D eigenvalue weighted by Crippen LogP contribution is -2.38. The Balaban J connectivity index is 1.02. The first-order valence-corrected chi connectivity index (χ1v) is 15.3. The normalized spacial score (nSPS) is 21.9. The molecule has 1 aliphatic heterocycles. The van der Waals surface area contributed by atoms with Crippen LogP contribution in [0.3, 0.4) is 0 Å². The number of hydroxylamine groups is 2. The summed E-state index contributed by atoms with van der Waals surface area (Å²) >= 11 is 1.66. The van der Waals surface area contributed by atoms with E-state index in [-0.39, 0.29) is 11.8 Å². The molecule has 0 N–H and O–H groups in total. The maximum Gasteiger partial charge on any atom is 0.248 e. The smallest absolute Gasteiger partial charge is 0.248 e. The lowest BCUT2D eigenvalue weighted by Gasteiger charge is -2.32. The van der Waals surface area contributed by atoms with E-state index in [9.17, 15) is 4.79 Å². The lowest BCUT2D eigenvalue weighted by molar-refractivity contribution is -0.174. The molecule has 6 rings (SSSR count). The third kappa shape index (κ3) is 6.34. The van der Waals surface area contributed by atoms with Crippen molar-refractivity contribution >= 4 is 23.2 Å². The van der Waals surface area contributed by atoms with E-state index in [0.29, 0.717) is 12.0 Å². The molecule has 1 aromatic carbocycles. The van der Waals surface area contributed by atoms with Gasteiger partial charge in [-0.25, -0.2) is 15.0 Å². The molecule has 3 fully saturated rings. The zero-order chi connectivity index (χ0) is 27.5. The molecule has 40 heavy (non-hydrogen) atoms. The van der Waals surface area contributed by atoms with Gasteiger partial charge in [-0.05, 0) is 62.8 Å². The minimum absolute atomic E-state index is 0.0302. The molecule has 1 saturated heterocycles. The molecule has 2 aromatic heterocycles. The number of anilines is 1. The van der Waals surface area contributed by atoms with E-state index in [4.69, 9.17) is 9.57 Å². The number of carbonyl (C=O) groups is 1. The van der Waals surface area contributed by atoms with E-state index in [1.165, 1.54) is 25.0 Å². The van der Waals surface area contributed by atoms with Gasteiger partial charge in [0.05, 0.1) is 13.2 Å². The standard InChI is InChI=1S/C30H38N6O3S/c1-35(38-2)29(37)24-11-9-23(10-12-24)28-34-33-27(40-28)22-7-5-21(6-8-22)25-17-31-30(32-18-25)36-15-13-26(14-16-36)39-19-20-3-4-20/h5-8,17-18,20,23-24,26H,3-4,9-16,19H2,1-2H3. The summed E-state index contributed by atoms with van der Waals surface area (Å²) in [6.45, 7) is 2.82. The van der Waals surface area contributed by atoms with E-state index in [2.05, 4.69) is 49.3 Å². The molecule has 212 valence electrons. The van der Waals surface area contributed by atoms with E-state index >= 15 is 0 Å². The minimum Gasteiger partial charge on any atom is -0.378 e. The molecule has 3 aromatic rings. The van der Waals surface area contributed by atoms with Gasteiger partial charge in [-0.1, -0.05) is 35.6 Å². The Morgan fingerprint density at radius 1 is 0.925 bits per heavy atom. The number of hydrogen-bond donors (Lipinski definition) is 0. The van der Waals surface area contributed by atoms with Gasteiger partial charge in [0, 0.05) is 62.1 Å². The van der Waals surface area contributed by atoms with Crippen molar-refractivity contribution in [2.45, 2.75) is 63.4 Å². The topological polar surface area (TPSA) is 93.6 Å². The van der Waals surface area contributed by atoms with Crippen LogP contribution < -0.4 is 4.90 Å². The van der Waals surface area contributed by atoms with Gasteiger partial charge in [0.15, 0.2) is 0 Å². The Morgan fingerprint density at radius 2 is 1.60 bits per heavy atom. The van der Waals surface area contributed by atoms with Gasteiger partial charge in [0.1, 0.15) is 10.0 Å². The van der Waals surface area contributed by atoms with E-state index in [0.717, 1.165) is 96.8 Å². The van der Waals surface area contributed by atoms with Crippen LogP contribution in [0.15, 0.2) is 36.7 Å². The molecule has 0 spiro atoms. The summed E-state index contributed by atoms with van der Waals surface area (Å²) in [6.07, 6.45) is 12.6. The van der Waals surface area contributed by atoms with Gasteiger partial charge in [0.2, 0.25) is 11.9 Å². The fourth-order valence-corrected chi connectivity index (χ4v) is 6.69. The third-order valence-corrected chi connectivity index (χ3v) is 9.68. The monoisotopic (exact) mass is 562 g/mol. The number of amides is 1. The number of aromatic nitrogens is 4. The van der Waals surface area contributed by atoms with Crippen molar-refractivity contribution in [1.29, 1.82) is 0 Å². The highest BCUT2D eigenvalue weighted by Gasteiger charge is 2.31. The molecule has 10 heteroatoms. The van der Waals surface area contributed by atoms with Gasteiger partial charge in [-0.2, -0.15) is 0 Å². The summed E-state index contributed by atoms with van der Waals surface area (Å²) in [6, 6.07) is 8.38. The van der Waals surface area contributed by atoms with Crippen LogP contribution in [-0.4, -0.2) is 71.1 Å². The van der Waals surface area contributed by atoms with Crippen LogP contribution in [0.1, 0.15) is 62.3 Å². The Kier molecular flexibility index (Phi) is 8.36. The Morgan fingerprint density at radius 3 is 2.25 bits per heavy atom. The summed E-state index contributed by atoms with van der Waals surface area (Å²) in [5, 5.41) is 12.3. The molecular weight excluding hydrogens is 524 g/mol. The number of ether oxygens (including phenoxy) is 1. The first-order valence-electron chi connectivity index (χ1n) is 14.5. The summed E-state index contributed by atoms with van der Waals surface area (Å²) in [4.78, 5) is 29.1. The zero-order valence-corrected chi connectivity index (χ0v) is 24.2. The van der Waals surface area contributed by atoms with Gasteiger partial charge < -0.3 is 9.64 Å². The van der Waals surface area contributed by atoms with E-state index in [1.807, 2.05) is 12.4 Å². The quantitative estimate of drug-likeness (QED) is 0.322. The summed E-state index contributed by atoms with van der Waals surface area (Å²) in [5.74, 6) is 2.07. The Bertz CT molecular complexity index is 1260. The second kappa shape index (κ2) is 12.3.